The summed E-state index contributed by atoms with van der Waals surface area (Å²) < 4.78 is 16.9. The summed E-state index contributed by atoms with van der Waals surface area (Å²) >= 11 is 0. The number of nitrogens with two attached hydrogens (primary N) is 2. The number of amides is 3. The molecule has 17 nitrogen and oxygen atoms in total. The molecule has 7 atom stereocenters. The second kappa shape index (κ2) is 12.5. The van der Waals surface area contributed by atoms with Crippen molar-refractivity contribution in [3.05, 3.63) is 33.1 Å². The van der Waals surface area contributed by atoms with Gasteiger partial charge in [-0.25, -0.2) is 4.79 Å². The van der Waals surface area contributed by atoms with Crippen LogP contribution in [-0.2, 0) is 33.4 Å². The third-order valence-corrected chi connectivity index (χ3v) is 5.19. The van der Waals surface area contributed by atoms with Crippen LogP contribution in [0, 0.1) is 0 Å². The molecule has 1 aromatic heterocycles. The molecular weight excluding hydrogens is 490 g/mol. The number of primary amides is 2. The Bertz CT molecular complexity index is 1090. The molecule has 0 spiro atoms. The molecule has 1 saturated heterocycles. The van der Waals surface area contributed by atoms with Crippen LogP contribution in [0.15, 0.2) is 21.9 Å². The maximum absolute atomic E-state index is 12.1. The highest BCUT2D eigenvalue weighted by Crippen LogP contribution is 2.32. The number of ether oxygens (including phenoxy) is 3. The van der Waals surface area contributed by atoms with Crippen molar-refractivity contribution in [2.75, 3.05) is 20.3 Å². The molecule has 0 bridgehead atoms. The number of carbonyl (C=O) groups is 4. The molecule has 1 aromatic rings. The van der Waals surface area contributed by atoms with Gasteiger partial charge in [0.2, 0.25) is 17.6 Å². The Hall–Kier alpha value is -3.48. The molecular formula is C19H27N5O12. The first-order valence-electron chi connectivity index (χ1n) is 10.4. The Morgan fingerprint density at radius 2 is 1.89 bits per heavy atom. The van der Waals surface area contributed by atoms with Crippen LogP contribution in [0.2, 0.25) is 0 Å². The number of ketones is 1. The van der Waals surface area contributed by atoms with Crippen molar-refractivity contribution in [2.45, 2.75) is 49.3 Å². The van der Waals surface area contributed by atoms with Gasteiger partial charge in [0.15, 0.2) is 12.3 Å². The summed E-state index contributed by atoms with van der Waals surface area (Å²) in [6.45, 7) is -1.38. The largest absolute Gasteiger partial charge is 0.390 e. The topological polar surface area (TPSA) is 276 Å². The van der Waals surface area contributed by atoms with E-state index in [4.69, 9.17) is 25.7 Å². The minimum absolute atomic E-state index is 0.604. The van der Waals surface area contributed by atoms with Gasteiger partial charge in [0.1, 0.15) is 24.4 Å². The zero-order valence-electron chi connectivity index (χ0n) is 18.9. The minimum Gasteiger partial charge on any atom is -0.390 e. The Kier molecular flexibility index (Phi) is 9.96. The number of hydrogen-bond donors (Lipinski definition) is 7. The monoisotopic (exact) mass is 517 g/mol. The number of methoxy groups -OCH3 is 1. The smallest absolute Gasteiger partial charge is 0.330 e. The summed E-state index contributed by atoms with van der Waals surface area (Å²) in [5.74, 6) is -4.39. The lowest BCUT2D eigenvalue weighted by atomic mass is 10.0. The van der Waals surface area contributed by atoms with Crippen LogP contribution in [0.25, 0.3) is 0 Å². The van der Waals surface area contributed by atoms with Crippen LogP contribution < -0.4 is 28.0 Å². The van der Waals surface area contributed by atoms with Crippen LogP contribution in [0.5, 0.6) is 0 Å². The van der Waals surface area contributed by atoms with E-state index in [2.05, 4.69) is 0 Å². The van der Waals surface area contributed by atoms with Gasteiger partial charge in [-0.3, -0.25) is 33.5 Å². The first-order valence-corrected chi connectivity index (χ1v) is 10.4. The lowest BCUT2D eigenvalue weighted by Crippen LogP contribution is -2.49. The van der Waals surface area contributed by atoms with Gasteiger partial charge in [0.25, 0.3) is 11.5 Å². The van der Waals surface area contributed by atoms with Gasteiger partial charge in [0, 0.05) is 25.8 Å². The lowest BCUT2D eigenvalue weighted by molar-refractivity contribution is -0.158. The normalized spacial score (nSPS) is 24.0. The number of aromatic amines is 1. The van der Waals surface area contributed by atoms with Gasteiger partial charge in [-0.1, -0.05) is 0 Å². The fraction of sp³-hybridized carbons (Fsp3) is 0.579. The van der Waals surface area contributed by atoms with Gasteiger partial charge in [-0.2, -0.15) is 0 Å². The molecule has 9 N–H and O–H groups in total. The van der Waals surface area contributed by atoms with E-state index in [1.54, 1.807) is 0 Å². The standard InChI is InChI=1S/C19H27N5O12/c1-34-13-12(30)18(24-3-2-11(29)23-19(24)33)36-14(13)15(16(21)31)35-6-9(27)7(25)4-8(26)17(32)22-5-10(20)28/h2-3,7,9,12-15,18,25,27,30H,4-6H2,1H3,(H2,20,28)(H2,21,31)(H,22,32)(H,23,29,33). The van der Waals surface area contributed by atoms with E-state index in [9.17, 15) is 44.1 Å². The fourth-order valence-corrected chi connectivity index (χ4v) is 3.39. The molecule has 0 saturated carbocycles. The van der Waals surface area contributed by atoms with Crippen LogP contribution in [-0.4, -0.2) is 105 Å². The van der Waals surface area contributed by atoms with Crippen molar-refractivity contribution in [1.29, 1.82) is 0 Å². The number of aromatic nitrogens is 2. The Morgan fingerprint density at radius 3 is 2.44 bits per heavy atom. The molecule has 2 heterocycles. The number of carbonyl (C=O) groups excluding carboxylic acids is 4. The molecule has 0 aromatic carbocycles. The van der Waals surface area contributed by atoms with Gasteiger partial charge in [-0.15, -0.1) is 0 Å². The van der Waals surface area contributed by atoms with Crippen molar-refractivity contribution in [1.82, 2.24) is 14.9 Å². The van der Waals surface area contributed by atoms with Crippen LogP contribution in [0.4, 0.5) is 0 Å². The number of aliphatic hydroxyl groups is 3. The van der Waals surface area contributed by atoms with Crippen molar-refractivity contribution < 1.29 is 48.7 Å². The van der Waals surface area contributed by atoms with E-state index in [1.165, 1.54) is 7.11 Å². The molecule has 1 aliphatic heterocycles. The average Bonchev–Trinajstić information content (AvgIpc) is 3.12. The van der Waals surface area contributed by atoms with E-state index in [1.807, 2.05) is 10.3 Å². The SMILES string of the molecule is COC1C(O)C(n2ccc(=O)[nH]c2=O)OC1C(OCC(O)C(O)CC(=O)C(=O)NCC(N)=O)C(N)=O. The summed E-state index contributed by atoms with van der Waals surface area (Å²) in [6.07, 6.45) is -10.7. The highest BCUT2D eigenvalue weighted by Gasteiger charge is 2.51. The Labute approximate surface area is 201 Å². The van der Waals surface area contributed by atoms with Gasteiger partial charge in [0.05, 0.1) is 19.3 Å². The highest BCUT2D eigenvalue weighted by molar-refractivity contribution is 6.36. The van der Waals surface area contributed by atoms with Crippen LogP contribution >= 0.6 is 0 Å². The average molecular weight is 517 g/mol. The number of nitrogens with one attached hydrogen (secondary N) is 2. The van der Waals surface area contributed by atoms with Crippen LogP contribution in [0.3, 0.4) is 0 Å². The first-order chi connectivity index (χ1) is 16.9. The number of rotatable bonds is 13. The molecule has 1 fully saturated rings. The van der Waals surface area contributed by atoms with Crippen LogP contribution in [0.1, 0.15) is 12.6 Å². The number of hydrogen-bond acceptors (Lipinski definition) is 12. The van der Waals surface area contributed by atoms with E-state index >= 15 is 0 Å². The highest BCUT2D eigenvalue weighted by atomic mass is 16.6. The van der Waals surface area contributed by atoms with Crippen molar-refractivity contribution >= 4 is 23.5 Å². The van der Waals surface area contributed by atoms with E-state index in [-0.39, 0.29) is 0 Å². The molecule has 3 amide bonds. The maximum Gasteiger partial charge on any atom is 0.330 e. The molecule has 2 rings (SSSR count). The molecule has 1 aliphatic rings. The molecule has 200 valence electrons. The summed E-state index contributed by atoms with van der Waals surface area (Å²) in [6, 6.07) is 1.00. The fourth-order valence-electron chi connectivity index (χ4n) is 3.39. The predicted octanol–water partition coefficient (Wildman–Crippen LogP) is -6.04. The summed E-state index contributed by atoms with van der Waals surface area (Å²) in [5.41, 5.74) is 8.60. The maximum atomic E-state index is 12.1. The van der Waals surface area contributed by atoms with Crippen molar-refractivity contribution in [3.63, 3.8) is 0 Å². The number of H-pyrrole nitrogens is 1. The molecule has 0 aliphatic carbocycles. The third-order valence-electron chi connectivity index (χ3n) is 5.19. The quantitative estimate of drug-likeness (QED) is 0.120. The number of aliphatic hydroxyl groups excluding tert-OH is 3. The Balaban J connectivity index is 2.07. The van der Waals surface area contributed by atoms with Crippen molar-refractivity contribution in [2.24, 2.45) is 11.5 Å². The lowest BCUT2D eigenvalue weighted by Gasteiger charge is -2.27. The van der Waals surface area contributed by atoms with E-state index in [0.717, 1.165) is 16.8 Å². The molecule has 0 radical (unpaired) electrons. The van der Waals surface area contributed by atoms with Gasteiger partial charge >= 0.3 is 5.69 Å². The minimum atomic E-state index is -1.81. The molecule has 17 heteroatoms. The summed E-state index contributed by atoms with van der Waals surface area (Å²) in [4.78, 5) is 71.5. The predicted molar refractivity (Wildman–Crippen MR) is 115 cm³/mol. The van der Waals surface area contributed by atoms with Gasteiger partial charge in [-0.05, 0) is 0 Å². The molecule has 7 unspecified atom stereocenters. The number of nitrogens with zero attached hydrogens (tertiary/aromatic N) is 1. The first kappa shape index (κ1) is 28.8. The molecule has 36 heavy (non-hydrogen) atoms. The summed E-state index contributed by atoms with van der Waals surface area (Å²) in [5, 5.41) is 32.6. The zero-order valence-corrected chi connectivity index (χ0v) is 18.9. The second-order valence-electron chi connectivity index (χ2n) is 7.77. The van der Waals surface area contributed by atoms with Crippen molar-refractivity contribution in [3.8, 4) is 0 Å². The van der Waals surface area contributed by atoms with E-state index in [0.29, 0.717) is 0 Å². The van der Waals surface area contributed by atoms with E-state index < -0.39 is 97.2 Å². The summed E-state index contributed by atoms with van der Waals surface area (Å²) in [7, 11) is 1.17. The van der Waals surface area contributed by atoms with Gasteiger partial charge < -0.3 is 46.3 Å². The Morgan fingerprint density at radius 1 is 1.22 bits per heavy atom. The third kappa shape index (κ3) is 7.03. The zero-order chi connectivity index (χ0) is 27.2. The second-order valence-corrected chi connectivity index (χ2v) is 7.77. The number of Topliss-reactive ketones (excluding diaryl/α,β-unsaturated/α-hetero) is 1.